The van der Waals surface area contributed by atoms with Gasteiger partial charge in [-0.05, 0) is 41.8 Å². The van der Waals surface area contributed by atoms with E-state index in [-0.39, 0.29) is 6.04 Å². The molecule has 1 N–H and O–H groups in total. The maximum atomic E-state index is 6.10. The van der Waals surface area contributed by atoms with Crippen molar-refractivity contribution in [3.8, 4) is 0 Å². The molecule has 0 radical (unpaired) electrons. The van der Waals surface area contributed by atoms with E-state index in [0.29, 0.717) is 0 Å². The lowest BCUT2D eigenvalue weighted by Crippen LogP contribution is -2.21. The van der Waals surface area contributed by atoms with Gasteiger partial charge in [0.05, 0.1) is 6.04 Å². The van der Waals surface area contributed by atoms with Crippen LogP contribution in [0.2, 0.25) is 5.02 Å². The summed E-state index contributed by atoms with van der Waals surface area (Å²) in [5, 5.41) is 4.30. The third-order valence-corrected chi connectivity index (χ3v) is 3.55. The molecule has 19 heavy (non-hydrogen) atoms. The predicted octanol–water partition coefficient (Wildman–Crippen LogP) is 4.60. The largest absolute Gasteiger partial charge is 0.307 e. The molecule has 0 spiro atoms. The van der Waals surface area contributed by atoms with Crippen molar-refractivity contribution in [3.05, 3.63) is 70.2 Å². The van der Waals surface area contributed by atoms with Gasteiger partial charge in [-0.15, -0.1) is 0 Å². The molecule has 0 bridgehead atoms. The molecule has 0 fully saturated rings. The van der Waals surface area contributed by atoms with Crippen molar-refractivity contribution in [2.24, 2.45) is 0 Å². The van der Waals surface area contributed by atoms with Gasteiger partial charge in [0, 0.05) is 5.02 Å². The molecule has 2 rings (SSSR count). The van der Waals surface area contributed by atoms with Crippen LogP contribution in [0, 0.1) is 0 Å². The van der Waals surface area contributed by atoms with Crippen LogP contribution < -0.4 is 5.32 Å². The highest BCUT2D eigenvalue weighted by Gasteiger charge is 2.12. The van der Waals surface area contributed by atoms with E-state index in [0.717, 1.165) is 18.0 Å². The summed E-state index contributed by atoms with van der Waals surface area (Å²) in [4.78, 5) is 0. The molecule has 2 heteroatoms. The van der Waals surface area contributed by atoms with Gasteiger partial charge in [0.1, 0.15) is 0 Å². The van der Waals surface area contributed by atoms with Crippen molar-refractivity contribution in [2.75, 3.05) is 6.54 Å². The number of aryl methyl sites for hydroxylation is 1. The van der Waals surface area contributed by atoms with Crippen LogP contribution in [0.5, 0.6) is 0 Å². The van der Waals surface area contributed by atoms with Crippen LogP contribution in [-0.4, -0.2) is 6.54 Å². The number of halogens is 1. The SMILES string of the molecule is CCNC(c1ccc(CC)cc1)c1cccc(Cl)c1. The number of nitrogens with one attached hydrogen (secondary N) is 1. The van der Waals surface area contributed by atoms with E-state index < -0.39 is 0 Å². The molecule has 2 aromatic rings. The van der Waals surface area contributed by atoms with Crippen LogP contribution >= 0.6 is 11.6 Å². The Labute approximate surface area is 120 Å². The normalized spacial score (nSPS) is 12.4. The van der Waals surface area contributed by atoms with Crippen LogP contribution in [0.3, 0.4) is 0 Å². The van der Waals surface area contributed by atoms with E-state index in [9.17, 15) is 0 Å². The van der Waals surface area contributed by atoms with Gasteiger partial charge in [-0.3, -0.25) is 0 Å². The summed E-state index contributed by atoms with van der Waals surface area (Å²) in [5.74, 6) is 0. The molecular formula is C17H20ClN. The summed E-state index contributed by atoms with van der Waals surface area (Å²) < 4.78 is 0. The van der Waals surface area contributed by atoms with Crippen molar-refractivity contribution in [3.63, 3.8) is 0 Å². The predicted molar refractivity (Wildman–Crippen MR) is 82.8 cm³/mol. The highest BCUT2D eigenvalue weighted by molar-refractivity contribution is 6.30. The first-order valence-electron chi connectivity index (χ1n) is 6.82. The number of benzene rings is 2. The zero-order valence-corrected chi connectivity index (χ0v) is 12.2. The summed E-state index contributed by atoms with van der Waals surface area (Å²) in [6.07, 6.45) is 1.07. The summed E-state index contributed by atoms with van der Waals surface area (Å²) in [6.45, 7) is 5.22. The Balaban J connectivity index is 2.33. The number of rotatable bonds is 5. The van der Waals surface area contributed by atoms with Crippen molar-refractivity contribution < 1.29 is 0 Å². The zero-order chi connectivity index (χ0) is 13.7. The summed E-state index contributed by atoms with van der Waals surface area (Å²) >= 11 is 6.10. The Hall–Kier alpha value is -1.31. The quantitative estimate of drug-likeness (QED) is 0.839. The fraction of sp³-hybridized carbons (Fsp3) is 0.294. The molecule has 0 aliphatic carbocycles. The molecule has 100 valence electrons. The first-order chi connectivity index (χ1) is 9.24. The van der Waals surface area contributed by atoms with E-state index >= 15 is 0 Å². The highest BCUT2D eigenvalue weighted by atomic mass is 35.5. The fourth-order valence-corrected chi connectivity index (χ4v) is 2.46. The maximum Gasteiger partial charge on any atom is 0.0577 e. The molecule has 1 nitrogen and oxygen atoms in total. The summed E-state index contributed by atoms with van der Waals surface area (Å²) in [6, 6.07) is 17.1. The van der Waals surface area contributed by atoms with Crippen molar-refractivity contribution in [2.45, 2.75) is 26.3 Å². The highest BCUT2D eigenvalue weighted by Crippen LogP contribution is 2.24. The molecular weight excluding hydrogens is 254 g/mol. The second-order valence-corrected chi connectivity index (χ2v) is 5.08. The van der Waals surface area contributed by atoms with Gasteiger partial charge < -0.3 is 5.32 Å². The third kappa shape index (κ3) is 3.59. The van der Waals surface area contributed by atoms with Gasteiger partial charge in [0.15, 0.2) is 0 Å². The van der Waals surface area contributed by atoms with Crippen LogP contribution in [-0.2, 0) is 6.42 Å². The van der Waals surface area contributed by atoms with E-state index in [4.69, 9.17) is 11.6 Å². The van der Waals surface area contributed by atoms with E-state index in [1.165, 1.54) is 16.7 Å². The molecule has 0 aliphatic rings. The standard InChI is InChI=1S/C17H20ClN/c1-3-13-8-10-14(11-9-13)17(19-4-2)15-6-5-7-16(18)12-15/h5-12,17,19H,3-4H2,1-2H3. The summed E-state index contributed by atoms with van der Waals surface area (Å²) in [5.41, 5.74) is 3.85. The average molecular weight is 274 g/mol. The second kappa shape index (κ2) is 6.74. The molecule has 0 saturated heterocycles. The first kappa shape index (κ1) is 14.1. The number of hydrogen-bond acceptors (Lipinski definition) is 1. The maximum absolute atomic E-state index is 6.10. The van der Waals surface area contributed by atoms with Crippen LogP contribution in [0.4, 0.5) is 0 Å². The Morgan fingerprint density at radius 1 is 1.00 bits per heavy atom. The second-order valence-electron chi connectivity index (χ2n) is 4.64. The smallest absolute Gasteiger partial charge is 0.0577 e. The Kier molecular flexibility index (Phi) is 5.00. The molecule has 0 aromatic heterocycles. The molecule has 1 atom stereocenters. The first-order valence-corrected chi connectivity index (χ1v) is 7.20. The van der Waals surface area contributed by atoms with E-state index in [1.807, 2.05) is 18.2 Å². The van der Waals surface area contributed by atoms with Gasteiger partial charge in [-0.2, -0.15) is 0 Å². The lowest BCUT2D eigenvalue weighted by Gasteiger charge is -2.19. The number of hydrogen-bond donors (Lipinski definition) is 1. The van der Waals surface area contributed by atoms with Gasteiger partial charge >= 0.3 is 0 Å². The van der Waals surface area contributed by atoms with E-state index in [2.05, 4.69) is 49.5 Å². The monoisotopic (exact) mass is 273 g/mol. The molecule has 0 amide bonds. The van der Waals surface area contributed by atoms with Crippen LogP contribution in [0.1, 0.15) is 36.6 Å². The molecule has 2 aromatic carbocycles. The van der Waals surface area contributed by atoms with Crippen LogP contribution in [0.15, 0.2) is 48.5 Å². The summed E-state index contributed by atoms with van der Waals surface area (Å²) in [7, 11) is 0. The lowest BCUT2D eigenvalue weighted by molar-refractivity contribution is 0.630. The minimum atomic E-state index is 0.203. The molecule has 1 unspecified atom stereocenters. The molecule has 0 heterocycles. The fourth-order valence-electron chi connectivity index (χ4n) is 2.26. The third-order valence-electron chi connectivity index (χ3n) is 3.31. The van der Waals surface area contributed by atoms with Crippen molar-refractivity contribution in [1.82, 2.24) is 5.32 Å². The van der Waals surface area contributed by atoms with Crippen molar-refractivity contribution in [1.29, 1.82) is 0 Å². The Morgan fingerprint density at radius 2 is 1.74 bits per heavy atom. The topological polar surface area (TPSA) is 12.0 Å². The van der Waals surface area contributed by atoms with Gasteiger partial charge in [0.2, 0.25) is 0 Å². The molecule has 0 aliphatic heterocycles. The lowest BCUT2D eigenvalue weighted by atomic mass is 9.97. The Morgan fingerprint density at radius 3 is 2.32 bits per heavy atom. The van der Waals surface area contributed by atoms with E-state index in [1.54, 1.807) is 0 Å². The van der Waals surface area contributed by atoms with Crippen molar-refractivity contribution >= 4 is 11.6 Å². The molecule has 0 saturated carbocycles. The van der Waals surface area contributed by atoms with Gasteiger partial charge in [-0.25, -0.2) is 0 Å². The van der Waals surface area contributed by atoms with Gasteiger partial charge in [0.25, 0.3) is 0 Å². The minimum Gasteiger partial charge on any atom is -0.307 e. The Bertz CT molecular complexity index is 519. The minimum absolute atomic E-state index is 0.203. The van der Waals surface area contributed by atoms with Gasteiger partial charge in [-0.1, -0.05) is 61.8 Å². The zero-order valence-electron chi connectivity index (χ0n) is 11.5. The van der Waals surface area contributed by atoms with Crippen LogP contribution in [0.25, 0.3) is 0 Å². The average Bonchev–Trinajstić information content (AvgIpc) is 2.45.